The molecule has 1 aromatic carbocycles. The van der Waals surface area contributed by atoms with E-state index in [2.05, 4.69) is 0 Å². The van der Waals surface area contributed by atoms with E-state index < -0.39 is 0 Å². The van der Waals surface area contributed by atoms with Gasteiger partial charge in [0.2, 0.25) is 0 Å². The summed E-state index contributed by atoms with van der Waals surface area (Å²) < 4.78 is 11.1. The molecule has 0 aromatic heterocycles. The molecular formula is C13H18O3. The molecule has 0 amide bonds. The zero-order valence-electron chi connectivity index (χ0n) is 9.61. The Morgan fingerprint density at radius 3 is 2.69 bits per heavy atom. The average Bonchev–Trinajstić information content (AvgIpc) is 2.24. The van der Waals surface area contributed by atoms with E-state index >= 15 is 0 Å². The molecule has 1 fully saturated rings. The second kappa shape index (κ2) is 5.21. The van der Waals surface area contributed by atoms with Crippen LogP contribution >= 0.6 is 0 Å². The average molecular weight is 222 g/mol. The van der Waals surface area contributed by atoms with E-state index in [4.69, 9.17) is 14.6 Å². The molecule has 1 aliphatic rings. The zero-order valence-corrected chi connectivity index (χ0v) is 9.61. The van der Waals surface area contributed by atoms with Crippen LogP contribution in [0.5, 0.6) is 11.5 Å². The lowest BCUT2D eigenvalue weighted by Crippen LogP contribution is -2.24. The molecule has 0 aliphatic heterocycles. The van der Waals surface area contributed by atoms with Gasteiger partial charge in [0.15, 0.2) is 11.5 Å². The van der Waals surface area contributed by atoms with E-state index in [9.17, 15) is 0 Å². The van der Waals surface area contributed by atoms with E-state index in [-0.39, 0.29) is 6.61 Å². The summed E-state index contributed by atoms with van der Waals surface area (Å²) in [7, 11) is 1.65. The van der Waals surface area contributed by atoms with Gasteiger partial charge < -0.3 is 14.6 Å². The first-order valence-electron chi connectivity index (χ1n) is 5.78. The molecule has 2 rings (SSSR count). The van der Waals surface area contributed by atoms with E-state index in [1.165, 1.54) is 6.42 Å². The Bertz CT molecular complexity index is 345. The monoisotopic (exact) mass is 222 g/mol. The van der Waals surface area contributed by atoms with Gasteiger partial charge in [0.25, 0.3) is 0 Å². The Morgan fingerprint density at radius 2 is 2.12 bits per heavy atom. The van der Waals surface area contributed by atoms with E-state index in [1.807, 2.05) is 18.2 Å². The molecule has 0 unspecified atom stereocenters. The summed E-state index contributed by atoms with van der Waals surface area (Å²) in [5.74, 6) is 1.58. The maximum absolute atomic E-state index is 8.90. The second-order valence-corrected chi connectivity index (χ2v) is 4.13. The molecule has 1 saturated carbocycles. The third kappa shape index (κ3) is 2.47. The normalized spacial score (nSPS) is 15.6. The third-order valence-electron chi connectivity index (χ3n) is 2.97. The van der Waals surface area contributed by atoms with Crippen LogP contribution in [0.1, 0.15) is 24.8 Å². The van der Waals surface area contributed by atoms with Crippen molar-refractivity contribution < 1.29 is 14.6 Å². The van der Waals surface area contributed by atoms with Crippen molar-refractivity contribution in [1.82, 2.24) is 0 Å². The lowest BCUT2D eigenvalue weighted by Gasteiger charge is -2.27. The number of ether oxygens (including phenoxy) is 2. The smallest absolute Gasteiger partial charge is 0.161 e. The highest BCUT2D eigenvalue weighted by atomic mass is 16.5. The maximum atomic E-state index is 8.90. The second-order valence-electron chi connectivity index (χ2n) is 4.13. The van der Waals surface area contributed by atoms with Gasteiger partial charge in [-0.15, -0.1) is 0 Å². The van der Waals surface area contributed by atoms with Crippen LogP contribution in [0, 0.1) is 0 Å². The maximum Gasteiger partial charge on any atom is 0.161 e. The van der Waals surface area contributed by atoms with Gasteiger partial charge in [-0.1, -0.05) is 6.07 Å². The molecule has 0 bridgehead atoms. The Labute approximate surface area is 96.0 Å². The van der Waals surface area contributed by atoms with Crippen LogP contribution in [0.4, 0.5) is 0 Å². The number of hydrogen-bond donors (Lipinski definition) is 1. The molecule has 1 N–H and O–H groups in total. The number of aliphatic hydroxyl groups excluding tert-OH is 1. The molecule has 1 aliphatic carbocycles. The first-order chi connectivity index (χ1) is 7.83. The van der Waals surface area contributed by atoms with E-state index in [0.717, 1.165) is 29.9 Å². The molecule has 88 valence electrons. The van der Waals surface area contributed by atoms with Gasteiger partial charge in [0, 0.05) is 6.61 Å². The summed E-state index contributed by atoms with van der Waals surface area (Å²) in [4.78, 5) is 0. The minimum Gasteiger partial charge on any atom is -0.493 e. The number of hydrogen-bond acceptors (Lipinski definition) is 3. The molecule has 0 spiro atoms. The van der Waals surface area contributed by atoms with Gasteiger partial charge in [0.05, 0.1) is 13.2 Å². The van der Waals surface area contributed by atoms with Crippen molar-refractivity contribution in [3.63, 3.8) is 0 Å². The van der Waals surface area contributed by atoms with Crippen molar-refractivity contribution in [1.29, 1.82) is 0 Å². The molecule has 0 radical (unpaired) electrons. The number of aliphatic hydroxyl groups is 1. The van der Waals surface area contributed by atoms with Crippen LogP contribution in [-0.2, 0) is 6.42 Å². The summed E-state index contributed by atoms with van der Waals surface area (Å²) in [6, 6.07) is 5.83. The number of rotatable bonds is 5. The van der Waals surface area contributed by atoms with Crippen molar-refractivity contribution >= 4 is 0 Å². The molecule has 0 saturated heterocycles. The predicted molar refractivity (Wildman–Crippen MR) is 62.1 cm³/mol. The fourth-order valence-electron chi connectivity index (χ4n) is 1.77. The van der Waals surface area contributed by atoms with Crippen LogP contribution in [-0.4, -0.2) is 24.9 Å². The quantitative estimate of drug-likeness (QED) is 0.829. The third-order valence-corrected chi connectivity index (χ3v) is 2.97. The van der Waals surface area contributed by atoms with Crippen LogP contribution in [0.2, 0.25) is 0 Å². The first kappa shape index (κ1) is 11.3. The summed E-state index contributed by atoms with van der Waals surface area (Å²) in [6.07, 6.45) is 4.52. The standard InChI is InChI=1S/C13H18O3/c1-15-12-6-5-10(7-8-14)9-13(12)16-11-3-2-4-11/h5-6,9,11,14H,2-4,7-8H2,1H3. The Morgan fingerprint density at radius 1 is 1.31 bits per heavy atom. The Hall–Kier alpha value is -1.22. The van der Waals surface area contributed by atoms with Crippen molar-refractivity contribution in [2.45, 2.75) is 31.8 Å². The van der Waals surface area contributed by atoms with Crippen molar-refractivity contribution in [2.24, 2.45) is 0 Å². The minimum atomic E-state index is 0.162. The zero-order chi connectivity index (χ0) is 11.4. The molecule has 0 atom stereocenters. The minimum absolute atomic E-state index is 0.162. The summed E-state index contributed by atoms with van der Waals surface area (Å²) in [5.41, 5.74) is 1.08. The summed E-state index contributed by atoms with van der Waals surface area (Å²) in [5, 5.41) is 8.90. The highest BCUT2D eigenvalue weighted by molar-refractivity contribution is 5.43. The van der Waals surface area contributed by atoms with Crippen molar-refractivity contribution in [3.05, 3.63) is 23.8 Å². The molecular weight excluding hydrogens is 204 g/mol. The van der Waals surface area contributed by atoms with Crippen LogP contribution < -0.4 is 9.47 Å². The van der Waals surface area contributed by atoms with E-state index in [1.54, 1.807) is 7.11 Å². The summed E-state index contributed by atoms with van der Waals surface area (Å²) >= 11 is 0. The number of benzene rings is 1. The first-order valence-corrected chi connectivity index (χ1v) is 5.78. The SMILES string of the molecule is COc1ccc(CCO)cc1OC1CCC1. The summed E-state index contributed by atoms with van der Waals surface area (Å²) in [6.45, 7) is 0.162. The van der Waals surface area contributed by atoms with Crippen LogP contribution in [0.25, 0.3) is 0 Å². The van der Waals surface area contributed by atoms with Crippen molar-refractivity contribution in [2.75, 3.05) is 13.7 Å². The highest BCUT2D eigenvalue weighted by Crippen LogP contribution is 2.33. The van der Waals surface area contributed by atoms with Crippen LogP contribution in [0.15, 0.2) is 18.2 Å². The topological polar surface area (TPSA) is 38.7 Å². The van der Waals surface area contributed by atoms with Gasteiger partial charge in [-0.2, -0.15) is 0 Å². The highest BCUT2D eigenvalue weighted by Gasteiger charge is 2.20. The largest absolute Gasteiger partial charge is 0.493 e. The fourth-order valence-corrected chi connectivity index (χ4v) is 1.77. The lowest BCUT2D eigenvalue weighted by atomic mass is 9.96. The van der Waals surface area contributed by atoms with Crippen LogP contribution in [0.3, 0.4) is 0 Å². The molecule has 1 aromatic rings. The molecule has 3 nitrogen and oxygen atoms in total. The van der Waals surface area contributed by atoms with E-state index in [0.29, 0.717) is 12.5 Å². The fraction of sp³-hybridized carbons (Fsp3) is 0.538. The van der Waals surface area contributed by atoms with Gasteiger partial charge in [-0.05, 0) is 43.4 Å². The predicted octanol–water partition coefficient (Wildman–Crippen LogP) is 2.16. The van der Waals surface area contributed by atoms with Gasteiger partial charge >= 0.3 is 0 Å². The molecule has 16 heavy (non-hydrogen) atoms. The molecule has 0 heterocycles. The lowest BCUT2D eigenvalue weighted by molar-refractivity contribution is 0.116. The Kier molecular flexibility index (Phi) is 3.67. The molecule has 3 heteroatoms. The Balaban J connectivity index is 2.13. The number of methoxy groups -OCH3 is 1. The van der Waals surface area contributed by atoms with Crippen molar-refractivity contribution in [3.8, 4) is 11.5 Å². The van der Waals surface area contributed by atoms with Gasteiger partial charge in [-0.25, -0.2) is 0 Å². The van der Waals surface area contributed by atoms with Gasteiger partial charge in [0.1, 0.15) is 0 Å². The van der Waals surface area contributed by atoms with Gasteiger partial charge in [-0.3, -0.25) is 0 Å².